The van der Waals surface area contributed by atoms with Crippen molar-refractivity contribution in [3.05, 3.63) is 11.6 Å². The summed E-state index contributed by atoms with van der Waals surface area (Å²) in [7, 11) is 1.51. The highest BCUT2D eigenvalue weighted by Gasteiger charge is 2.77. The van der Waals surface area contributed by atoms with E-state index in [1.807, 2.05) is 19.9 Å². The van der Waals surface area contributed by atoms with Crippen molar-refractivity contribution in [3.63, 3.8) is 0 Å². The summed E-state index contributed by atoms with van der Waals surface area (Å²) in [4.78, 5) is 26.3. The standard InChI is InChI=1S/C29H42O8/c1-24-13-18(20(37-23(24)32)14-26(24,3)33)29(35)11-10-28(34)16-6-7-17-22(31)19(36-5)12-21(30)27(17,4)15(16)8-9-25(28,29)2/h7,15-16,18-20,22,31,33-35H,6,8-14H2,1-5H3/t15-,16+,18+,19-,20+,22+,24-,25-,26+,27+,28+,29-/m0/s1. The van der Waals surface area contributed by atoms with Crippen molar-refractivity contribution in [2.75, 3.05) is 7.11 Å². The lowest BCUT2D eigenvalue weighted by Gasteiger charge is -2.65. The van der Waals surface area contributed by atoms with E-state index < -0.39 is 63.2 Å². The first-order chi connectivity index (χ1) is 17.1. The minimum absolute atomic E-state index is 0.0396. The lowest BCUT2D eigenvalue weighted by atomic mass is 9.43. The highest BCUT2D eigenvalue weighted by Crippen LogP contribution is 2.71. The third-order valence-electron chi connectivity index (χ3n) is 12.9. The summed E-state index contributed by atoms with van der Waals surface area (Å²) in [5.41, 5.74) is -5.86. The van der Waals surface area contributed by atoms with Gasteiger partial charge in [0.05, 0.1) is 33.7 Å². The van der Waals surface area contributed by atoms with E-state index in [-0.39, 0.29) is 30.5 Å². The number of carbonyl (C=O) groups excluding carboxylic acids is 2. The fourth-order valence-corrected chi connectivity index (χ4v) is 10.1. The number of aliphatic hydroxyl groups is 4. The van der Waals surface area contributed by atoms with Crippen LogP contribution in [0.15, 0.2) is 11.6 Å². The number of Topliss-reactive ketones (excluding diaryl/α,β-unsaturated/α-hetero) is 1. The quantitative estimate of drug-likeness (QED) is 0.322. The Labute approximate surface area is 218 Å². The normalized spacial score (nSPS) is 58.8. The average molecular weight is 519 g/mol. The molecule has 5 aliphatic carbocycles. The maximum absolute atomic E-state index is 13.5. The Bertz CT molecular complexity index is 1080. The summed E-state index contributed by atoms with van der Waals surface area (Å²) in [5.74, 6) is -1.16. The molecule has 4 saturated carbocycles. The second-order valence-electron chi connectivity index (χ2n) is 13.9. The number of esters is 1. The van der Waals surface area contributed by atoms with Crippen LogP contribution in [0.4, 0.5) is 0 Å². The number of rotatable bonds is 2. The number of allylic oxidation sites excluding steroid dienone is 1. The Balaban J connectivity index is 1.37. The summed E-state index contributed by atoms with van der Waals surface area (Å²) in [6.07, 6.45) is 3.09. The first kappa shape index (κ1) is 25.9. The van der Waals surface area contributed by atoms with E-state index in [0.717, 1.165) is 0 Å². The molecule has 0 aromatic heterocycles. The van der Waals surface area contributed by atoms with Crippen molar-refractivity contribution in [1.29, 1.82) is 0 Å². The van der Waals surface area contributed by atoms with E-state index in [1.165, 1.54) is 7.11 Å². The van der Waals surface area contributed by atoms with Gasteiger partial charge in [0.1, 0.15) is 18.0 Å². The SMILES string of the molecule is CO[C@H]1CC(=O)[C@@]2(C)C(=CC[C@@H]3[C@@H]2CC[C@@]2(C)[C@@]3(O)CC[C@]2(O)[C@@H]2C[C@@]3(C)C(=O)O[C@@H]2C[C@@]3(C)O)[C@H]1O. The molecule has 0 unspecified atom stereocenters. The zero-order chi connectivity index (χ0) is 27.0. The van der Waals surface area contributed by atoms with Crippen LogP contribution in [-0.2, 0) is 19.1 Å². The van der Waals surface area contributed by atoms with Gasteiger partial charge in [-0.05, 0) is 76.7 Å². The number of ether oxygens (including phenoxy) is 2. The molecule has 206 valence electrons. The lowest BCUT2D eigenvalue weighted by Crippen LogP contribution is -2.72. The maximum Gasteiger partial charge on any atom is 0.315 e. The van der Waals surface area contributed by atoms with E-state index >= 15 is 0 Å². The Kier molecular flexibility index (Phi) is 5.22. The van der Waals surface area contributed by atoms with Crippen LogP contribution < -0.4 is 0 Å². The van der Waals surface area contributed by atoms with Crippen LogP contribution in [0.3, 0.4) is 0 Å². The molecule has 4 N–H and O–H groups in total. The van der Waals surface area contributed by atoms with Gasteiger partial charge in [0.25, 0.3) is 0 Å². The molecule has 0 amide bonds. The Morgan fingerprint density at radius 1 is 0.946 bits per heavy atom. The van der Waals surface area contributed by atoms with Gasteiger partial charge < -0.3 is 29.9 Å². The third kappa shape index (κ3) is 2.77. The third-order valence-corrected chi connectivity index (χ3v) is 12.9. The Hall–Kier alpha value is -1.32. The van der Waals surface area contributed by atoms with E-state index in [4.69, 9.17) is 9.47 Å². The predicted octanol–water partition coefficient (Wildman–Crippen LogP) is 2.05. The number of aliphatic hydroxyl groups excluding tert-OH is 1. The topological polar surface area (TPSA) is 134 Å². The second-order valence-corrected chi connectivity index (χ2v) is 13.9. The molecule has 7 rings (SSSR count). The molecule has 0 radical (unpaired) electrons. The van der Waals surface area contributed by atoms with Crippen molar-refractivity contribution >= 4 is 11.8 Å². The molecule has 2 saturated heterocycles. The van der Waals surface area contributed by atoms with Gasteiger partial charge in [-0.15, -0.1) is 0 Å². The maximum atomic E-state index is 13.5. The summed E-state index contributed by atoms with van der Waals surface area (Å²) < 4.78 is 11.2. The molecule has 7 aliphatic rings. The Morgan fingerprint density at radius 2 is 1.59 bits per heavy atom. The molecule has 8 nitrogen and oxygen atoms in total. The van der Waals surface area contributed by atoms with Crippen molar-refractivity contribution < 1.29 is 39.5 Å². The molecule has 37 heavy (non-hydrogen) atoms. The van der Waals surface area contributed by atoms with Gasteiger partial charge in [-0.2, -0.15) is 0 Å². The van der Waals surface area contributed by atoms with Crippen molar-refractivity contribution in [3.8, 4) is 0 Å². The number of hydrogen-bond donors (Lipinski definition) is 4. The molecular weight excluding hydrogens is 476 g/mol. The number of methoxy groups -OCH3 is 1. The molecule has 2 aliphatic heterocycles. The largest absolute Gasteiger partial charge is 0.461 e. The zero-order valence-corrected chi connectivity index (χ0v) is 22.6. The summed E-state index contributed by atoms with van der Waals surface area (Å²) >= 11 is 0. The van der Waals surface area contributed by atoms with Crippen LogP contribution >= 0.6 is 0 Å². The van der Waals surface area contributed by atoms with Gasteiger partial charge >= 0.3 is 5.97 Å². The van der Waals surface area contributed by atoms with Gasteiger partial charge in [-0.25, -0.2) is 0 Å². The molecule has 0 aromatic carbocycles. The van der Waals surface area contributed by atoms with E-state index in [0.29, 0.717) is 44.1 Å². The highest BCUT2D eigenvalue weighted by atomic mass is 16.6. The first-order valence-corrected chi connectivity index (χ1v) is 13.9. The number of fused-ring (bicyclic) bond motifs is 8. The van der Waals surface area contributed by atoms with Crippen molar-refractivity contribution in [1.82, 2.24) is 0 Å². The fraction of sp³-hybridized carbons (Fsp3) is 0.862. The molecular formula is C29H42O8. The fourth-order valence-electron chi connectivity index (χ4n) is 10.1. The second kappa shape index (κ2) is 7.45. The summed E-state index contributed by atoms with van der Waals surface area (Å²) in [6.45, 7) is 7.29. The van der Waals surface area contributed by atoms with Gasteiger partial charge in [-0.3, -0.25) is 9.59 Å². The minimum Gasteiger partial charge on any atom is -0.461 e. The molecule has 6 fully saturated rings. The van der Waals surface area contributed by atoms with Crippen LogP contribution in [0.2, 0.25) is 0 Å². The van der Waals surface area contributed by atoms with Gasteiger partial charge in [-0.1, -0.05) is 13.0 Å². The van der Waals surface area contributed by atoms with E-state index in [9.17, 15) is 30.0 Å². The molecule has 2 heterocycles. The van der Waals surface area contributed by atoms with Gasteiger partial charge in [0.2, 0.25) is 0 Å². The molecule has 0 aromatic rings. The van der Waals surface area contributed by atoms with E-state index in [1.54, 1.807) is 13.8 Å². The molecule has 12 atom stereocenters. The predicted molar refractivity (Wildman–Crippen MR) is 132 cm³/mol. The van der Waals surface area contributed by atoms with Crippen molar-refractivity contribution in [2.24, 2.45) is 34.0 Å². The number of carbonyl (C=O) groups is 2. The van der Waals surface area contributed by atoms with Crippen LogP contribution in [0, 0.1) is 34.0 Å². The van der Waals surface area contributed by atoms with Crippen LogP contribution in [0.5, 0.6) is 0 Å². The highest BCUT2D eigenvalue weighted by molar-refractivity contribution is 5.90. The van der Waals surface area contributed by atoms with Crippen LogP contribution in [0.25, 0.3) is 0 Å². The molecule has 8 heteroatoms. The van der Waals surface area contributed by atoms with Crippen LogP contribution in [-0.4, -0.2) is 74.4 Å². The average Bonchev–Trinajstić information content (AvgIpc) is 3.05. The van der Waals surface area contributed by atoms with Gasteiger partial charge in [0.15, 0.2) is 0 Å². The first-order valence-electron chi connectivity index (χ1n) is 13.9. The minimum atomic E-state index is -1.28. The monoisotopic (exact) mass is 518 g/mol. The van der Waals surface area contributed by atoms with Crippen molar-refractivity contribution in [2.45, 2.75) is 114 Å². The summed E-state index contributed by atoms with van der Waals surface area (Å²) in [6, 6.07) is 0. The lowest BCUT2D eigenvalue weighted by molar-refractivity contribution is -0.280. The molecule has 0 spiro atoms. The summed E-state index contributed by atoms with van der Waals surface area (Å²) in [5, 5.41) is 47.1. The van der Waals surface area contributed by atoms with Crippen LogP contribution in [0.1, 0.15) is 79.1 Å². The molecule has 2 bridgehead atoms. The zero-order valence-electron chi connectivity index (χ0n) is 22.6. The Morgan fingerprint density at radius 3 is 2.22 bits per heavy atom. The smallest absolute Gasteiger partial charge is 0.315 e. The number of hydrogen-bond acceptors (Lipinski definition) is 8. The van der Waals surface area contributed by atoms with E-state index in [2.05, 4.69) is 0 Å². The number of ketones is 1. The van der Waals surface area contributed by atoms with Gasteiger partial charge in [0, 0.05) is 31.3 Å².